The van der Waals surface area contributed by atoms with E-state index >= 15 is 0 Å². The number of methoxy groups -OCH3 is 1. The Hall–Kier alpha value is -2.49. The van der Waals surface area contributed by atoms with Gasteiger partial charge in [0, 0.05) is 6.92 Å². The van der Waals surface area contributed by atoms with Gasteiger partial charge in [0.1, 0.15) is 73.2 Å². The molecule has 53 heavy (non-hydrogen) atoms. The molecule has 8 unspecified atom stereocenters. The first-order valence-corrected chi connectivity index (χ1v) is 17.9. The van der Waals surface area contributed by atoms with Gasteiger partial charge in [0.25, 0.3) is 10.1 Å². The number of aliphatic hydroxyl groups is 8. The zero-order valence-electron chi connectivity index (χ0n) is 28.9. The zero-order valence-corrected chi connectivity index (χ0v) is 29.7. The van der Waals surface area contributed by atoms with Crippen molar-refractivity contribution in [3.05, 3.63) is 29.8 Å². The first-order chi connectivity index (χ1) is 25.0. The standard InChI is InChI=1S/C31H47NO20S/c1-13-4-6-15(7-5-13)53(43,44)48-12-18-23(38)26(41)28(52-29-20(32-14(2)34)24(39)21(36)16(10-33)49-29)31(51-18)47-11-17-22(37)25(40)27(42)30(50-17)46-9-8-19(35)45-3/h4-7,16-18,20-31,33,36-42H,8-12H2,1-3H3,(H,32,34)/t16?,17?,18-,20?,21-,22-,23-,24?,25?,26?,27?,28?,29+,30-,31+/m1/s1. The maximum atomic E-state index is 12.9. The maximum absolute atomic E-state index is 12.9. The summed E-state index contributed by atoms with van der Waals surface area (Å²) in [6.07, 6.45) is -24.7. The number of amides is 1. The number of carbonyl (C=O) groups excluding carboxylic acids is 2. The van der Waals surface area contributed by atoms with Crippen LogP contribution in [0.5, 0.6) is 0 Å². The van der Waals surface area contributed by atoms with Crippen molar-refractivity contribution >= 4 is 22.0 Å². The first-order valence-electron chi connectivity index (χ1n) is 16.5. The third-order valence-corrected chi connectivity index (χ3v) is 10.1. The summed E-state index contributed by atoms with van der Waals surface area (Å²) >= 11 is 0. The molecule has 15 atom stereocenters. The van der Waals surface area contributed by atoms with Crippen LogP contribution < -0.4 is 5.32 Å². The van der Waals surface area contributed by atoms with Gasteiger partial charge in [0.2, 0.25) is 5.91 Å². The fourth-order valence-corrected chi connectivity index (χ4v) is 6.65. The number of aliphatic hydroxyl groups excluding tert-OH is 8. The van der Waals surface area contributed by atoms with E-state index < -0.39 is 134 Å². The third-order valence-electron chi connectivity index (χ3n) is 8.79. The molecule has 0 aliphatic carbocycles. The lowest BCUT2D eigenvalue weighted by atomic mass is 9.95. The second kappa shape index (κ2) is 18.9. The van der Waals surface area contributed by atoms with Gasteiger partial charge in [-0.1, -0.05) is 17.7 Å². The van der Waals surface area contributed by atoms with E-state index in [1.54, 1.807) is 6.92 Å². The SMILES string of the molecule is COC(=O)CCO[C@@H]1OC(CO[C@H]2O[C@H](COS(=O)(=O)c3ccc(C)cc3)[C@@H](O)C(O)C2O[C@@H]2OC(CO)[C@@H](O)C(O)C2NC(C)=O)[C@@H](O)C(O)C1O. The predicted molar refractivity (Wildman–Crippen MR) is 170 cm³/mol. The van der Waals surface area contributed by atoms with Crippen LogP contribution in [0, 0.1) is 6.92 Å². The summed E-state index contributed by atoms with van der Waals surface area (Å²) in [4.78, 5) is 23.2. The molecule has 3 saturated heterocycles. The number of carbonyl (C=O) groups is 2. The third kappa shape index (κ3) is 10.6. The Morgan fingerprint density at radius 3 is 1.96 bits per heavy atom. The molecule has 1 aromatic carbocycles. The minimum absolute atomic E-state index is 0.215. The lowest BCUT2D eigenvalue weighted by Gasteiger charge is -2.47. The first kappa shape index (κ1) is 43.2. The number of esters is 1. The molecule has 3 aliphatic heterocycles. The molecule has 9 N–H and O–H groups in total. The van der Waals surface area contributed by atoms with E-state index in [-0.39, 0.29) is 17.9 Å². The predicted octanol–water partition coefficient (Wildman–Crippen LogP) is -5.12. The Morgan fingerprint density at radius 2 is 1.34 bits per heavy atom. The zero-order chi connectivity index (χ0) is 39.2. The van der Waals surface area contributed by atoms with Gasteiger partial charge in [-0.05, 0) is 19.1 Å². The van der Waals surface area contributed by atoms with E-state index in [0.717, 1.165) is 19.6 Å². The average molecular weight is 786 g/mol. The molecule has 1 amide bonds. The van der Waals surface area contributed by atoms with Crippen LogP contribution in [0.1, 0.15) is 18.9 Å². The second-order valence-corrected chi connectivity index (χ2v) is 14.3. The Bertz CT molecular complexity index is 1450. The van der Waals surface area contributed by atoms with Gasteiger partial charge in [0.15, 0.2) is 18.9 Å². The van der Waals surface area contributed by atoms with Gasteiger partial charge in [-0.2, -0.15) is 8.42 Å². The molecular weight excluding hydrogens is 738 g/mol. The van der Waals surface area contributed by atoms with Gasteiger partial charge in [-0.25, -0.2) is 0 Å². The molecule has 3 heterocycles. The second-order valence-electron chi connectivity index (χ2n) is 12.7. The van der Waals surface area contributed by atoms with Crippen molar-refractivity contribution in [3.63, 3.8) is 0 Å². The quantitative estimate of drug-likeness (QED) is 0.0593. The van der Waals surface area contributed by atoms with Gasteiger partial charge in [0.05, 0.1) is 44.9 Å². The monoisotopic (exact) mass is 785 g/mol. The molecule has 1 aromatic rings. The van der Waals surface area contributed by atoms with Gasteiger partial charge in [-0.3, -0.25) is 13.8 Å². The van der Waals surface area contributed by atoms with Crippen LogP contribution in [0.4, 0.5) is 0 Å². The van der Waals surface area contributed by atoms with Crippen LogP contribution in [0.2, 0.25) is 0 Å². The smallest absolute Gasteiger partial charge is 0.307 e. The lowest BCUT2D eigenvalue weighted by molar-refractivity contribution is -0.363. The molecule has 4 rings (SSSR count). The Morgan fingerprint density at radius 1 is 0.755 bits per heavy atom. The molecular formula is C31H47NO20S. The summed E-state index contributed by atoms with van der Waals surface area (Å²) in [6, 6.07) is 4.13. The van der Waals surface area contributed by atoms with Crippen LogP contribution in [-0.2, 0) is 57.0 Å². The Kier molecular flexibility index (Phi) is 15.4. The van der Waals surface area contributed by atoms with E-state index in [0.29, 0.717) is 0 Å². The normalized spacial score (nSPS) is 37.9. The average Bonchev–Trinajstić information content (AvgIpc) is 3.12. The molecule has 21 nitrogen and oxygen atoms in total. The summed E-state index contributed by atoms with van der Waals surface area (Å²) in [7, 11) is -3.26. The number of ether oxygens (including phenoxy) is 7. The van der Waals surface area contributed by atoms with E-state index in [4.69, 9.17) is 32.6 Å². The van der Waals surface area contributed by atoms with Crippen molar-refractivity contribution < 1.29 is 96.2 Å². The molecule has 0 spiro atoms. The number of hydrogen-bond donors (Lipinski definition) is 9. The highest BCUT2D eigenvalue weighted by molar-refractivity contribution is 7.86. The van der Waals surface area contributed by atoms with E-state index in [9.17, 15) is 58.9 Å². The highest BCUT2D eigenvalue weighted by Crippen LogP contribution is 2.32. The van der Waals surface area contributed by atoms with Crippen LogP contribution in [-0.4, -0.2) is 187 Å². The molecule has 3 aliphatic rings. The number of aryl methyl sites for hydroxylation is 1. The van der Waals surface area contributed by atoms with E-state index in [2.05, 4.69) is 10.1 Å². The molecule has 0 radical (unpaired) electrons. The van der Waals surface area contributed by atoms with E-state index in [1.165, 1.54) is 24.3 Å². The van der Waals surface area contributed by atoms with Gasteiger partial charge < -0.3 is 79.3 Å². The van der Waals surface area contributed by atoms with Gasteiger partial charge in [-0.15, -0.1) is 0 Å². The molecule has 0 saturated carbocycles. The van der Waals surface area contributed by atoms with Crippen molar-refractivity contribution in [3.8, 4) is 0 Å². The van der Waals surface area contributed by atoms with Crippen molar-refractivity contribution in [1.29, 1.82) is 0 Å². The Balaban J connectivity index is 1.57. The molecule has 3 fully saturated rings. The minimum atomic E-state index is -4.41. The molecule has 0 bridgehead atoms. The van der Waals surface area contributed by atoms with Crippen molar-refractivity contribution in [2.24, 2.45) is 0 Å². The fourth-order valence-electron chi connectivity index (χ4n) is 5.74. The van der Waals surface area contributed by atoms with Crippen LogP contribution in [0.25, 0.3) is 0 Å². The molecule has 0 aromatic heterocycles. The number of benzene rings is 1. The van der Waals surface area contributed by atoms with Crippen LogP contribution in [0.3, 0.4) is 0 Å². The Labute approximate surface area is 304 Å². The van der Waals surface area contributed by atoms with Gasteiger partial charge >= 0.3 is 5.97 Å². The topological polar surface area (TPSA) is 316 Å². The van der Waals surface area contributed by atoms with Crippen molar-refractivity contribution in [2.75, 3.05) is 33.5 Å². The highest BCUT2D eigenvalue weighted by Gasteiger charge is 2.53. The highest BCUT2D eigenvalue weighted by atomic mass is 32.2. The van der Waals surface area contributed by atoms with Crippen molar-refractivity contribution in [1.82, 2.24) is 5.32 Å². The molecule has 302 valence electrons. The maximum Gasteiger partial charge on any atom is 0.307 e. The van der Waals surface area contributed by atoms with Crippen molar-refractivity contribution in [2.45, 2.75) is 117 Å². The summed E-state index contributed by atoms with van der Waals surface area (Å²) in [5.41, 5.74) is 0.771. The minimum Gasteiger partial charge on any atom is -0.469 e. The molecule has 22 heteroatoms. The number of nitrogens with one attached hydrogen (secondary N) is 1. The summed E-state index contributed by atoms with van der Waals surface area (Å²) in [5.74, 6) is -1.34. The summed E-state index contributed by atoms with van der Waals surface area (Å²) < 4.78 is 69.4. The fraction of sp³-hybridized carbons (Fsp3) is 0.742. The van der Waals surface area contributed by atoms with Crippen LogP contribution in [0.15, 0.2) is 29.2 Å². The lowest BCUT2D eigenvalue weighted by Crippen LogP contribution is -2.68. The van der Waals surface area contributed by atoms with Crippen LogP contribution >= 0.6 is 0 Å². The number of hydrogen-bond acceptors (Lipinski definition) is 20. The summed E-state index contributed by atoms with van der Waals surface area (Å²) in [6.45, 7) is 0.120. The van der Waals surface area contributed by atoms with E-state index in [1.807, 2.05) is 0 Å². The summed E-state index contributed by atoms with van der Waals surface area (Å²) in [5, 5.41) is 87.1. The largest absolute Gasteiger partial charge is 0.469 e. The number of rotatable bonds is 15.